The molecule has 112 valence electrons. The molecule has 0 radical (unpaired) electrons. The van der Waals surface area contributed by atoms with E-state index in [0.29, 0.717) is 18.2 Å². The van der Waals surface area contributed by atoms with E-state index in [9.17, 15) is 0 Å². The van der Waals surface area contributed by atoms with Crippen LogP contribution in [0.5, 0.6) is 5.88 Å². The summed E-state index contributed by atoms with van der Waals surface area (Å²) in [5.74, 6) is 1.27. The molecule has 1 aliphatic heterocycles. The van der Waals surface area contributed by atoms with Crippen LogP contribution in [0.4, 0.5) is 11.5 Å². The topological polar surface area (TPSA) is 64.3 Å². The number of thiophene rings is 1. The molecule has 0 saturated carbocycles. The molecule has 2 aromatic heterocycles. The summed E-state index contributed by atoms with van der Waals surface area (Å²) in [6.07, 6.45) is 3.50. The van der Waals surface area contributed by atoms with Crippen molar-refractivity contribution in [1.29, 1.82) is 0 Å². The maximum absolute atomic E-state index is 6.22. The van der Waals surface area contributed by atoms with E-state index >= 15 is 0 Å². The Morgan fingerprint density at radius 3 is 3.14 bits per heavy atom. The van der Waals surface area contributed by atoms with Gasteiger partial charge in [0.15, 0.2) is 5.82 Å². The highest BCUT2D eigenvalue weighted by Crippen LogP contribution is 2.38. The summed E-state index contributed by atoms with van der Waals surface area (Å²) in [5, 5.41) is 2.16. The van der Waals surface area contributed by atoms with Crippen molar-refractivity contribution in [3.63, 3.8) is 0 Å². The molecule has 2 N–H and O–H groups in total. The molecule has 2 aromatic rings. The Morgan fingerprint density at radius 1 is 1.48 bits per heavy atom. The molecule has 0 bridgehead atoms. The maximum atomic E-state index is 6.22. The summed E-state index contributed by atoms with van der Waals surface area (Å²) in [7, 11) is 0. The third kappa shape index (κ3) is 2.55. The zero-order chi connectivity index (χ0) is 14.8. The first kappa shape index (κ1) is 14.1. The van der Waals surface area contributed by atoms with Gasteiger partial charge in [-0.05, 0) is 36.8 Å². The van der Waals surface area contributed by atoms with Crippen LogP contribution in [0.3, 0.4) is 0 Å². The standard InChI is InChI=1S/C15H20N4OS/c1-3-7-20-15-13(16)14(17-9-18-15)19-6-4-12-11(10(19)2)5-8-21-12/h5,8-10H,3-4,6-7,16H2,1-2H3. The molecule has 0 fully saturated rings. The van der Waals surface area contributed by atoms with Crippen LogP contribution in [0, 0.1) is 0 Å². The fraction of sp³-hybridized carbons (Fsp3) is 0.467. The van der Waals surface area contributed by atoms with Crippen LogP contribution >= 0.6 is 11.3 Å². The molecular formula is C15H20N4OS. The van der Waals surface area contributed by atoms with Gasteiger partial charge < -0.3 is 15.4 Å². The monoisotopic (exact) mass is 304 g/mol. The van der Waals surface area contributed by atoms with Crippen LogP contribution < -0.4 is 15.4 Å². The van der Waals surface area contributed by atoms with Gasteiger partial charge in [0, 0.05) is 11.4 Å². The third-order valence-corrected chi connectivity index (χ3v) is 4.82. The Bertz CT molecular complexity index is 628. The highest BCUT2D eigenvalue weighted by molar-refractivity contribution is 7.10. The average Bonchev–Trinajstić information content (AvgIpc) is 2.97. The largest absolute Gasteiger partial charge is 0.476 e. The van der Waals surface area contributed by atoms with Crippen LogP contribution in [0.15, 0.2) is 17.8 Å². The zero-order valence-corrected chi connectivity index (χ0v) is 13.2. The molecular weight excluding hydrogens is 284 g/mol. The predicted molar refractivity (Wildman–Crippen MR) is 86.0 cm³/mol. The zero-order valence-electron chi connectivity index (χ0n) is 12.4. The number of nitrogen functional groups attached to an aromatic ring is 1. The Balaban J connectivity index is 1.91. The number of anilines is 2. The number of nitrogens with zero attached hydrogens (tertiary/aromatic N) is 3. The van der Waals surface area contributed by atoms with E-state index in [-0.39, 0.29) is 6.04 Å². The van der Waals surface area contributed by atoms with E-state index in [0.717, 1.165) is 25.2 Å². The van der Waals surface area contributed by atoms with Gasteiger partial charge in [-0.1, -0.05) is 6.92 Å². The summed E-state index contributed by atoms with van der Waals surface area (Å²) < 4.78 is 5.61. The van der Waals surface area contributed by atoms with Gasteiger partial charge in [0.1, 0.15) is 12.0 Å². The van der Waals surface area contributed by atoms with E-state index in [1.165, 1.54) is 16.8 Å². The Morgan fingerprint density at radius 2 is 2.33 bits per heavy atom. The molecule has 3 rings (SSSR count). The van der Waals surface area contributed by atoms with Gasteiger partial charge >= 0.3 is 0 Å². The van der Waals surface area contributed by atoms with Crippen molar-refractivity contribution in [3.8, 4) is 5.88 Å². The summed E-state index contributed by atoms with van der Waals surface area (Å²) in [5.41, 5.74) is 8.14. The number of ether oxygens (including phenoxy) is 1. The van der Waals surface area contributed by atoms with Crippen molar-refractivity contribution in [2.45, 2.75) is 32.7 Å². The minimum atomic E-state index is 0.274. The number of nitrogens with two attached hydrogens (primary N) is 1. The van der Waals surface area contributed by atoms with Gasteiger partial charge in [0.05, 0.1) is 12.6 Å². The minimum absolute atomic E-state index is 0.274. The molecule has 21 heavy (non-hydrogen) atoms. The van der Waals surface area contributed by atoms with E-state index in [1.807, 2.05) is 11.3 Å². The number of rotatable bonds is 4. The van der Waals surface area contributed by atoms with Crippen molar-refractivity contribution in [3.05, 3.63) is 28.2 Å². The lowest BCUT2D eigenvalue weighted by Gasteiger charge is -2.35. The molecule has 1 aliphatic rings. The van der Waals surface area contributed by atoms with Gasteiger partial charge in [-0.2, -0.15) is 4.98 Å². The molecule has 1 atom stereocenters. The van der Waals surface area contributed by atoms with Crippen molar-refractivity contribution in [1.82, 2.24) is 9.97 Å². The summed E-state index contributed by atoms with van der Waals surface area (Å²) in [6, 6.07) is 2.47. The number of aromatic nitrogens is 2. The van der Waals surface area contributed by atoms with Crippen LogP contribution in [-0.4, -0.2) is 23.1 Å². The SMILES string of the molecule is CCCOc1ncnc(N2CCc3sccc3C2C)c1N. The Hall–Kier alpha value is -1.82. The van der Waals surface area contributed by atoms with Gasteiger partial charge in [-0.25, -0.2) is 4.98 Å². The Kier molecular flexibility index (Phi) is 3.96. The highest BCUT2D eigenvalue weighted by Gasteiger charge is 2.28. The lowest BCUT2D eigenvalue weighted by atomic mass is 10.0. The van der Waals surface area contributed by atoms with Crippen LogP contribution in [-0.2, 0) is 6.42 Å². The molecule has 0 aliphatic carbocycles. The lowest BCUT2D eigenvalue weighted by molar-refractivity contribution is 0.306. The van der Waals surface area contributed by atoms with Crippen LogP contribution in [0.2, 0.25) is 0 Å². The van der Waals surface area contributed by atoms with Gasteiger partial charge in [-0.15, -0.1) is 11.3 Å². The second-order valence-corrected chi connectivity index (χ2v) is 6.18. The van der Waals surface area contributed by atoms with Crippen LogP contribution in [0.25, 0.3) is 0 Å². The van der Waals surface area contributed by atoms with E-state index in [4.69, 9.17) is 10.5 Å². The maximum Gasteiger partial charge on any atom is 0.242 e. The summed E-state index contributed by atoms with van der Waals surface area (Å²) >= 11 is 1.83. The average molecular weight is 304 g/mol. The normalized spacial score (nSPS) is 17.6. The number of hydrogen-bond donors (Lipinski definition) is 1. The minimum Gasteiger partial charge on any atom is -0.476 e. The first-order valence-electron chi connectivity index (χ1n) is 7.28. The fourth-order valence-electron chi connectivity index (χ4n) is 2.71. The van der Waals surface area contributed by atoms with Crippen LogP contribution in [0.1, 0.15) is 36.8 Å². The second-order valence-electron chi connectivity index (χ2n) is 5.18. The first-order valence-corrected chi connectivity index (χ1v) is 8.16. The third-order valence-electron chi connectivity index (χ3n) is 3.82. The van der Waals surface area contributed by atoms with E-state index in [1.54, 1.807) is 0 Å². The van der Waals surface area contributed by atoms with Crippen molar-refractivity contribution in [2.24, 2.45) is 0 Å². The summed E-state index contributed by atoms with van der Waals surface area (Å²) in [4.78, 5) is 12.2. The van der Waals surface area contributed by atoms with Crippen molar-refractivity contribution >= 4 is 22.8 Å². The fourth-order valence-corrected chi connectivity index (χ4v) is 3.67. The first-order chi connectivity index (χ1) is 10.2. The quantitative estimate of drug-likeness (QED) is 0.940. The van der Waals surface area contributed by atoms with E-state index < -0.39 is 0 Å². The molecule has 0 amide bonds. The molecule has 0 aromatic carbocycles. The second kappa shape index (κ2) is 5.89. The van der Waals surface area contributed by atoms with E-state index in [2.05, 4.69) is 40.2 Å². The molecule has 0 saturated heterocycles. The Labute approximate surface area is 128 Å². The predicted octanol–water partition coefficient (Wildman–Crippen LogP) is 3.03. The molecule has 0 spiro atoms. The lowest BCUT2D eigenvalue weighted by Crippen LogP contribution is -2.34. The number of fused-ring (bicyclic) bond motifs is 1. The smallest absolute Gasteiger partial charge is 0.242 e. The molecule has 6 heteroatoms. The van der Waals surface area contributed by atoms with Gasteiger partial charge in [0.25, 0.3) is 0 Å². The van der Waals surface area contributed by atoms with Crippen molar-refractivity contribution in [2.75, 3.05) is 23.8 Å². The van der Waals surface area contributed by atoms with Crippen molar-refractivity contribution < 1.29 is 4.74 Å². The molecule has 1 unspecified atom stereocenters. The van der Waals surface area contributed by atoms with Gasteiger partial charge in [-0.3, -0.25) is 0 Å². The number of hydrogen-bond acceptors (Lipinski definition) is 6. The summed E-state index contributed by atoms with van der Waals surface area (Å²) in [6.45, 7) is 5.79. The van der Waals surface area contributed by atoms with Gasteiger partial charge in [0.2, 0.25) is 5.88 Å². The molecule has 5 nitrogen and oxygen atoms in total. The molecule has 3 heterocycles. The highest BCUT2D eigenvalue weighted by atomic mass is 32.1.